The smallest absolute Gasteiger partial charge is 0.184 e. The van der Waals surface area contributed by atoms with Crippen molar-refractivity contribution >= 4 is 39.3 Å². The molecule has 0 aliphatic carbocycles. The van der Waals surface area contributed by atoms with E-state index in [0.29, 0.717) is 14.9 Å². The van der Waals surface area contributed by atoms with Gasteiger partial charge in [0.05, 0.1) is 11.4 Å². The number of fused-ring (bicyclic) bond motifs is 1. The second kappa shape index (κ2) is 4.28. The molecule has 0 atom stereocenters. The molecule has 0 saturated carbocycles. The van der Waals surface area contributed by atoms with Crippen LogP contribution in [0.4, 0.5) is 4.39 Å². The summed E-state index contributed by atoms with van der Waals surface area (Å²) in [5, 5.41) is 4.31. The van der Waals surface area contributed by atoms with Gasteiger partial charge in [-0.2, -0.15) is 5.10 Å². The summed E-state index contributed by atoms with van der Waals surface area (Å²) in [5.74, 6) is -0.342. The summed E-state index contributed by atoms with van der Waals surface area (Å²) >= 11 is 8.53. The normalized spacial score (nSPS) is 11.4. The number of aromatic nitrogens is 4. The minimum Gasteiger partial charge on any atom is -0.327 e. The Kier molecular flexibility index (Phi) is 2.83. The van der Waals surface area contributed by atoms with Crippen LogP contribution in [0.25, 0.3) is 16.9 Å². The summed E-state index contributed by atoms with van der Waals surface area (Å²) in [4.78, 5) is 3.07. The van der Waals surface area contributed by atoms with E-state index >= 15 is 0 Å². The van der Waals surface area contributed by atoms with Gasteiger partial charge in [-0.15, -0.1) is 0 Å². The van der Waals surface area contributed by atoms with Crippen molar-refractivity contribution in [1.29, 1.82) is 0 Å². The van der Waals surface area contributed by atoms with Crippen LogP contribution < -0.4 is 0 Å². The van der Waals surface area contributed by atoms with Crippen molar-refractivity contribution < 1.29 is 4.39 Å². The van der Waals surface area contributed by atoms with E-state index < -0.39 is 0 Å². The highest BCUT2D eigenvalue weighted by molar-refractivity contribution is 9.10. The number of nitrogens with zero attached hydrogens (tertiary/aromatic N) is 3. The molecule has 1 aromatic carbocycles. The van der Waals surface area contributed by atoms with Crippen LogP contribution in [0.2, 0.25) is 0 Å². The van der Waals surface area contributed by atoms with Gasteiger partial charge in [-0.3, -0.25) is 4.57 Å². The van der Waals surface area contributed by atoms with E-state index in [1.54, 1.807) is 21.4 Å². The number of aryl methyl sites for hydroxylation is 2. The first-order valence-corrected chi connectivity index (χ1v) is 6.79. The molecule has 3 aromatic rings. The molecular formula is C12H10BrFN4S. The molecule has 3 rings (SSSR count). The highest BCUT2D eigenvalue weighted by Crippen LogP contribution is 2.25. The Balaban J connectivity index is 2.42. The maximum Gasteiger partial charge on any atom is 0.184 e. The Morgan fingerprint density at radius 1 is 1.42 bits per heavy atom. The molecule has 1 N–H and O–H groups in total. The van der Waals surface area contributed by atoms with E-state index in [0.717, 1.165) is 16.9 Å². The van der Waals surface area contributed by atoms with Crippen LogP contribution in [0, 0.1) is 17.5 Å². The van der Waals surface area contributed by atoms with E-state index in [1.165, 1.54) is 6.07 Å². The van der Waals surface area contributed by atoms with Crippen molar-refractivity contribution in [3.05, 3.63) is 39.0 Å². The Bertz CT molecular complexity index is 845. The lowest BCUT2D eigenvalue weighted by molar-refractivity contribution is 0.616. The third kappa shape index (κ3) is 1.84. The highest BCUT2D eigenvalue weighted by Gasteiger charge is 2.16. The molecule has 98 valence electrons. The van der Waals surface area contributed by atoms with Gasteiger partial charge < -0.3 is 4.98 Å². The summed E-state index contributed by atoms with van der Waals surface area (Å²) < 4.78 is 18.6. The zero-order chi connectivity index (χ0) is 13.7. The van der Waals surface area contributed by atoms with E-state index in [-0.39, 0.29) is 5.82 Å². The number of aromatic amines is 1. The molecule has 19 heavy (non-hydrogen) atoms. The number of halogens is 2. The monoisotopic (exact) mass is 340 g/mol. The van der Waals surface area contributed by atoms with Gasteiger partial charge in [0.25, 0.3) is 0 Å². The fraction of sp³-hybridized carbons (Fsp3) is 0.167. The first-order chi connectivity index (χ1) is 8.99. The number of H-pyrrole nitrogens is 1. The molecule has 0 unspecified atom stereocenters. The number of imidazole rings is 1. The van der Waals surface area contributed by atoms with Gasteiger partial charge in [-0.25, -0.2) is 9.07 Å². The van der Waals surface area contributed by atoms with Gasteiger partial charge in [-0.05, 0) is 37.3 Å². The molecule has 0 aliphatic rings. The number of rotatable bonds is 1. The second-order valence-electron chi connectivity index (χ2n) is 4.27. The van der Waals surface area contributed by atoms with Crippen LogP contribution in [0.15, 0.2) is 22.7 Å². The van der Waals surface area contributed by atoms with Gasteiger partial charge in [0, 0.05) is 11.5 Å². The molecule has 0 fully saturated rings. The molecule has 7 heteroatoms. The molecular weight excluding hydrogens is 331 g/mol. The standard InChI is InChI=1S/C12H10BrFN4S/c1-6-10-11(17(2)16-6)18(12(19)15-10)9-4-3-7(13)5-8(9)14/h3-5H,1-2H3,(H,15,19). The zero-order valence-electron chi connectivity index (χ0n) is 10.2. The number of hydrogen-bond donors (Lipinski definition) is 1. The van der Waals surface area contributed by atoms with Gasteiger partial charge >= 0.3 is 0 Å². The van der Waals surface area contributed by atoms with Crippen molar-refractivity contribution in [3.63, 3.8) is 0 Å². The third-order valence-corrected chi connectivity index (χ3v) is 3.77. The highest BCUT2D eigenvalue weighted by atomic mass is 79.9. The molecule has 2 heterocycles. The lowest BCUT2D eigenvalue weighted by Gasteiger charge is -2.06. The van der Waals surface area contributed by atoms with E-state index in [2.05, 4.69) is 26.0 Å². The molecule has 0 spiro atoms. The average molecular weight is 341 g/mol. The van der Waals surface area contributed by atoms with Crippen LogP contribution in [-0.4, -0.2) is 19.3 Å². The number of hydrogen-bond acceptors (Lipinski definition) is 2. The Morgan fingerprint density at radius 3 is 2.84 bits per heavy atom. The minimum atomic E-state index is -0.342. The molecule has 0 radical (unpaired) electrons. The first-order valence-electron chi connectivity index (χ1n) is 5.59. The second-order valence-corrected chi connectivity index (χ2v) is 5.57. The predicted molar refractivity (Wildman–Crippen MR) is 77.6 cm³/mol. The zero-order valence-corrected chi connectivity index (χ0v) is 12.6. The van der Waals surface area contributed by atoms with Crippen LogP contribution in [0.1, 0.15) is 5.69 Å². The first kappa shape index (κ1) is 12.6. The Hall–Kier alpha value is -1.47. The van der Waals surface area contributed by atoms with E-state index in [1.807, 2.05) is 14.0 Å². The summed E-state index contributed by atoms with van der Waals surface area (Å²) in [6.45, 7) is 1.88. The molecule has 0 aliphatic heterocycles. The fourth-order valence-electron chi connectivity index (χ4n) is 2.19. The minimum absolute atomic E-state index is 0.342. The van der Waals surface area contributed by atoms with Crippen molar-refractivity contribution in [3.8, 4) is 5.69 Å². The Labute approximate surface area is 122 Å². The average Bonchev–Trinajstić information content (AvgIpc) is 2.79. The SMILES string of the molecule is Cc1nn(C)c2c1[nH]c(=S)n2-c1ccc(Br)cc1F. The molecule has 0 bridgehead atoms. The van der Waals surface area contributed by atoms with Gasteiger partial charge in [0.2, 0.25) is 0 Å². The van der Waals surface area contributed by atoms with Crippen molar-refractivity contribution in [2.75, 3.05) is 0 Å². The van der Waals surface area contributed by atoms with E-state index in [4.69, 9.17) is 12.2 Å². The van der Waals surface area contributed by atoms with Crippen LogP contribution in [-0.2, 0) is 7.05 Å². The lowest BCUT2D eigenvalue weighted by atomic mass is 10.3. The van der Waals surface area contributed by atoms with E-state index in [9.17, 15) is 4.39 Å². The van der Waals surface area contributed by atoms with Gasteiger partial charge in [-0.1, -0.05) is 15.9 Å². The van der Waals surface area contributed by atoms with Crippen molar-refractivity contribution in [2.24, 2.45) is 7.05 Å². The molecule has 0 saturated heterocycles. The predicted octanol–water partition coefficient (Wildman–Crippen LogP) is 3.63. The number of nitrogens with one attached hydrogen (secondary N) is 1. The Morgan fingerprint density at radius 2 is 2.16 bits per heavy atom. The largest absolute Gasteiger partial charge is 0.327 e. The summed E-state index contributed by atoms with van der Waals surface area (Å²) in [5.41, 5.74) is 2.82. The van der Waals surface area contributed by atoms with Crippen LogP contribution in [0.3, 0.4) is 0 Å². The topological polar surface area (TPSA) is 38.5 Å². The molecule has 0 amide bonds. The summed E-state index contributed by atoms with van der Waals surface area (Å²) in [6.07, 6.45) is 0. The van der Waals surface area contributed by atoms with Gasteiger partial charge in [0.1, 0.15) is 11.3 Å². The maximum atomic E-state index is 14.1. The number of benzene rings is 1. The lowest BCUT2D eigenvalue weighted by Crippen LogP contribution is -2.02. The van der Waals surface area contributed by atoms with Gasteiger partial charge in [0.15, 0.2) is 10.4 Å². The summed E-state index contributed by atoms with van der Waals surface area (Å²) in [7, 11) is 1.81. The molecule has 4 nitrogen and oxygen atoms in total. The van der Waals surface area contributed by atoms with Crippen LogP contribution >= 0.6 is 28.1 Å². The quantitative estimate of drug-likeness (QED) is 0.687. The maximum absolute atomic E-state index is 14.1. The van der Waals surface area contributed by atoms with Crippen molar-refractivity contribution in [1.82, 2.24) is 19.3 Å². The van der Waals surface area contributed by atoms with Crippen molar-refractivity contribution in [2.45, 2.75) is 6.92 Å². The van der Waals surface area contributed by atoms with Crippen LogP contribution in [0.5, 0.6) is 0 Å². The molecule has 2 aromatic heterocycles. The fourth-order valence-corrected chi connectivity index (χ4v) is 2.81. The summed E-state index contributed by atoms with van der Waals surface area (Å²) in [6, 6.07) is 4.88. The third-order valence-electron chi connectivity index (χ3n) is 2.99.